The minimum atomic E-state index is 0.734. The highest BCUT2D eigenvalue weighted by atomic mass is 14.9. The molecular weight excluding hydrogens is 162 g/mol. The Labute approximate surface area is 76.9 Å². The first-order valence-corrected chi connectivity index (χ1v) is 4.38. The Morgan fingerprint density at radius 3 is 2.69 bits per heavy atom. The molecule has 0 spiro atoms. The first-order chi connectivity index (χ1) is 6.33. The molecule has 0 unspecified atom stereocenters. The van der Waals surface area contributed by atoms with Crippen molar-refractivity contribution in [2.75, 3.05) is 0 Å². The fourth-order valence-electron chi connectivity index (χ4n) is 1.43. The number of fused-ring (bicyclic) bond motifs is 1. The average Bonchev–Trinajstić information content (AvgIpc) is 2.19. The van der Waals surface area contributed by atoms with Gasteiger partial charge in [-0.15, -0.1) is 0 Å². The second-order valence-corrected chi connectivity index (χ2v) is 2.99. The van der Waals surface area contributed by atoms with E-state index in [1.807, 2.05) is 6.20 Å². The van der Waals surface area contributed by atoms with E-state index in [2.05, 4.69) is 28.8 Å². The van der Waals surface area contributed by atoms with E-state index in [0.717, 1.165) is 17.6 Å². The minimum Gasteiger partial charge on any atom is -0.251 e. The highest BCUT2D eigenvalue weighted by Gasteiger charge is 2.03. The van der Waals surface area contributed by atoms with E-state index in [1.165, 1.54) is 11.1 Å². The van der Waals surface area contributed by atoms with Crippen LogP contribution < -0.4 is 0 Å². The first-order valence-electron chi connectivity index (χ1n) is 4.38. The monoisotopic (exact) mass is 173 g/mol. The van der Waals surface area contributed by atoms with E-state index in [9.17, 15) is 0 Å². The second kappa shape index (κ2) is 3.09. The molecule has 0 fully saturated rings. The molecule has 0 atom stereocenters. The summed E-state index contributed by atoms with van der Waals surface area (Å²) in [5.74, 6) is 0. The molecule has 0 aliphatic heterocycles. The number of aryl methyl sites for hydroxylation is 2. The fraction of sp³-hybridized carbons (Fsp3) is 0.300. The van der Waals surface area contributed by atoms with Crippen LogP contribution in [0.2, 0.25) is 0 Å². The number of nitrogens with zero attached hydrogens (tertiary/aromatic N) is 3. The molecule has 66 valence electrons. The maximum atomic E-state index is 4.26. The first kappa shape index (κ1) is 8.10. The van der Waals surface area contributed by atoms with Gasteiger partial charge >= 0.3 is 0 Å². The van der Waals surface area contributed by atoms with Crippen molar-refractivity contribution >= 4 is 11.2 Å². The van der Waals surface area contributed by atoms with Crippen molar-refractivity contribution in [2.45, 2.75) is 20.3 Å². The molecule has 0 radical (unpaired) electrons. The summed E-state index contributed by atoms with van der Waals surface area (Å²) in [5.41, 5.74) is 4.09. The molecule has 0 saturated heterocycles. The summed E-state index contributed by atoms with van der Waals surface area (Å²) in [5, 5.41) is 0. The summed E-state index contributed by atoms with van der Waals surface area (Å²) < 4.78 is 0. The number of aromatic nitrogens is 3. The Morgan fingerprint density at radius 1 is 1.15 bits per heavy atom. The molecule has 2 rings (SSSR count). The van der Waals surface area contributed by atoms with Crippen LogP contribution in [0.3, 0.4) is 0 Å². The van der Waals surface area contributed by atoms with Crippen LogP contribution in [0, 0.1) is 6.92 Å². The highest BCUT2D eigenvalue weighted by Crippen LogP contribution is 2.15. The van der Waals surface area contributed by atoms with E-state index in [4.69, 9.17) is 0 Å². The van der Waals surface area contributed by atoms with Crippen LogP contribution in [-0.4, -0.2) is 15.0 Å². The molecule has 3 nitrogen and oxygen atoms in total. The third-order valence-corrected chi connectivity index (χ3v) is 2.24. The Bertz CT molecular complexity index is 437. The van der Waals surface area contributed by atoms with Gasteiger partial charge in [0.25, 0.3) is 0 Å². The lowest BCUT2D eigenvalue weighted by Crippen LogP contribution is -1.94. The van der Waals surface area contributed by atoms with Crippen LogP contribution in [0.15, 0.2) is 18.6 Å². The molecule has 2 aromatic heterocycles. The quantitative estimate of drug-likeness (QED) is 0.661. The lowest BCUT2D eigenvalue weighted by molar-refractivity contribution is 1.07. The van der Waals surface area contributed by atoms with Crippen LogP contribution >= 0.6 is 0 Å². The van der Waals surface area contributed by atoms with Gasteiger partial charge in [-0.1, -0.05) is 6.92 Å². The smallest absolute Gasteiger partial charge is 0.178 e. The molecule has 0 amide bonds. The Morgan fingerprint density at radius 2 is 1.92 bits per heavy atom. The average molecular weight is 173 g/mol. The van der Waals surface area contributed by atoms with E-state index in [-0.39, 0.29) is 0 Å². The van der Waals surface area contributed by atoms with Gasteiger partial charge in [-0.25, -0.2) is 9.97 Å². The Balaban J connectivity index is 2.79. The maximum Gasteiger partial charge on any atom is 0.178 e. The summed E-state index contributed by atoms with van der Waals surface area (Å²) in [6.07, 6.45) is 6.24. The van der Waals surface area contributed by atoms with E-state index < -0.39 is 0 Å². The van der Waals surface area contributed by atoms with Crippen LogP contribution in [0.5, 0.6) is 0 Å². The van der Waals surface area contributed by atoms with Crippen LogP contribution in [0.25, 0.3) is 11.2 Å². The molecule has 0 saturated carbocycles. The van der Waals surface area contributed by atoms with E-state index >= 15 is 0 Å². The Hall–Kier alpha value is -1.51. The van der Waals surface area contributed by atoms with Gasteiger partial charge in [-0.3, -0.25) is 4.98 Å². The molecule has 0 aromatic carbocycles. The summed E-state index contributed by atoms with van der Waals surface area (Å²) in [6, 6.07) is 0. The molecule has 0 bridgehead atoms. The summed E-state index contributed by atoms with van der Waals surface area (Å²) in [6.45, 7) is 4.18. The predicted octanol–water partition coefficient (Wildman–Crippen LogP) is 1.90. The molecule has 0 aliphatic rings. The summed E-state index contributed by atoms with van der Waals surface area (Å²) >= 11 is 0. The number of hydrogen-bond donors (Lipinski definition) is 0. The molecule has 3 heteroatoms. The topological polar surface area (TPSA) is 38.7 Å². The van der Waals surface area contributed by atoms with Gasteiger partial charge in [0, 0.05) is 18.6 Å². The van der Waals surface area contributed by atoms with Crippen molar-refractivity contribution in [1.29, 1.82) is 0 Å². The number of hydrogen-bond acceptors (Lipinski definition) is 3. The van der Waals surface area contributed by atoms with Gasteiger partial charge in [-0.2, -0.15) is 0 Å². The van der Waals surface area contributed by atoms with Crippen LogP contribution in [-0.2, 0) is 6.42 Å². The van der Waals surface area contributed by atoms with Crippen molar-refractivity contribution in [3.8, 4) is 0 Å². The zero-order valence-corrected chi connectivity index (χ0v) is 7.78. The zero-order chi connectivity index (χ0) is 9.26. The van der Waals surface area contributed by atoms with Crippen molar-refractivity contribution in [1.82, 2.24) is 15.0 Å². The van der Waals surface area contributed by atoms with E-state index in [0.29, 0.717) is 0 Å². The van der Waals surface area contributed by atoms with Crippen LogP contribution in [0.1, 0.15) is 18.1 Å². The molecule has 0 N–H and O–H groups in total. The largest absolute Gasteiger partial charge is 0.251 e. The standard InChI is InChI=1S/C10H11N3/c1-3-8-6-13-10-9(7(8)2)11-4-5-12-10/h4-6H,3H2,1-2H3. The van der Waals surface area contributed by atoms with Crippen molar-refractivity contribution < 1.29 is 0 Å². The van der Waals surface area contributed by atoms with Gasteiger partial charge in [0.15, 0.2) is 5.65 Å². The lowest BCUT2D eigenvalue weighted by Gasteiger charge is -2.03. The SMILES string of the molecule is CCc1cnc2nccnc2c1C. The number of pyridine rings is 1. The van der Waals surface area contributed by atoms with Gasteiger partial charge in [0.05, 0.1) is 0 Å². The Kier molecular flexibility index (Phi) is 1.93. The second-order valence-electron chi connectivity index (χ2n) is 2.99. The molecule has 2 aromatic rings. The van der Waals surface area contributed by atoms with Crippen LogP contribution in [0.4, 0.5) is 0 Å². The van der Waals surface area contributed by atoms with Gasteiger partial charge < -0.3 is 0 Å². The normalized spacial score (nSPS) is 10.6. The van der Waals surface area contributed by atoms with Gasteiger partial charge in [0.2, 0.25) is 0 Å². The van der Waals surface area contributed by atoms with Gasteiger partial charge in [0.1, 0.15) is 5.52 Å². The minimum absolute atomic E-state index is 0.734. The van der Waals surface area contributed by atoms with E-state index in [1.54, 1.807) is 12.4 Å². The van der Waals surface area contributed by atoms with Crippen molar-refractivity contribution in [3.63, 3.8) is 0 Å². The lowest BCUT2D eigenvalue weighted by atomic mass is 10.1. The van der Waals surface area contributed by atoms with Crippen molar-refractivity contribution in [3.05, 3.63) is 29.7 Å². The molecule has 0 aliphatic carbocycles. The molecular formula is C10H11N3. The fourth-order valence-corrected chi connectivity index (χ4v) is 1.43. The highest BCUT2D eigenvalue weighted by molar-refractivity contribution is 5.74. The zero-order valence-electron chi connectivity index (χ0n) is 7.78. The third-order valence-electron chi connectivity index (χ3n) is 2.24. The maximum absolute atomic E-state index is 4.26. The van der Waals surface area contributed by atoms with Crippen molar-refractivity contribution in [2.24, 2.45) is 0 Å². The summed E-state index contributed by atoms with van der Waals surface area (Å²) in [7, 11) is 0. The predicted molar refractivity (Wildman–Crippen MR) is 51.4 cm³/mol. The number of rotatable bonds is 1. The molecule has 13 heavy (non-hydrogen) atoms. The van der Waals surface area contributed by atoms with Gasteiger partial charge in [-0.05, 0) is 24.5 Å². The third kappa shape index (κ3) is 1.26. The molecule has 2 heterocycles. The summed E-state index contributed by atoms with van der Waals surface area (Å²) in [4.78, 5) is 12.6.